The number of carbonyl (C=O) groups excluding carboxylic acids is 2. The lowest BCUT2D eigenvalue weighted by Crippen LogP contribution is -2.54. The number of nitrogens with zero attached hydrogens (tertiary/aromatic N) is 2. The summed E-state index contributed by atoms with van der Waals surface area (Å²) in [6.45, 7) is 0. The number of aromatic nitrogens is 1. The minimum Gasteiger partial charge on any atom is -0.317 e. The maximum Gasteiger partial charge on any atom is 0.270 e. The standard InChI is InChI=1S/C21H13Cl2N3O2S/c22-13-6-8-15(9-7-13)25-10-2-5-16(25)12-18-19(27)24-21(29)26(20(18)28)17-4-1-3-14(23)11-17/h1-12H,(H,24,27,29). The fourth-order valence-corrected chi connectivity index (χ4v) is 3.60. The molecule has 1 fully saturated rings. The molecule has 0 atom stereocenters. The molecule has 4 rings (SSSR count). The molecule has 2 heterocycles. The summed E-state index contributed by atoms with van der Waals surface area (Å²) >= 11 is 17.2. The van der Waals surface area contributed by atoms with E-state index in [4.69, 9.17) is 35.4 Å². The Kier molecular flexibility index (Phi) is 5.24. The van der Waals surface area contributed by atoms with E-state index in [9.17, 15) is 9.59 Å². The lowest BCUT2D eigenvalue weighted by Gasteiger charge is -2.29. The van der Waals surface area contributed by atoms with E-state index in [0.717, 1.165) is 5.69 Å². The summed E-state index contributed by atoms with van der Waals surface area (Å²) in [4.78, 5) is 26.9. The van der Waals surface area contributed by atoms with Crippen LogP contribution in [0.3, 0.4) is 0 Å². The molecule has 1 saturated heterocycles. The van der Waals surface area contributed by atoms with Crippen molar-refractivity contribution in [3.05, 3.63) is 88.2 Å². The van der Waals surface area contributed by atoms with Crippen molar-refractivity contribution in [2.45, 2.75) is 0 Å². The quantitative estimate of drug-likeness (QED) is 0.366. The van der Waals surface area contributed by atoms with Gasteiger partial charge in [-0.2, -0.15) is 0 Å². The normalized spacial score (nSPS) is 15.7. The summed E-state index contributed by atoms with van der Waals surface area (Å²) in [5, 5.41) is 3.65. The number of hydrogen-bond donors (Lipinski definition) is 1. The van der Waals surface area contributed by atoms with Crippen molar-refractivity contribution >= 4 is 64.1 Å². The maximum absolute atomic E-state index is 13.1. The van der Waals surface area contributed by atoms with Crippen LogP contribution in [0.5, 0.6) is 0 Å². The van der Waals surface area contributed by atoms with Crippen LogP contribution in [-0.2, 0) is 9.59 Å². The molecule has 2 amide bonds. The average molecular weight is 442 g/mol. The Labute approximate surface area is 182 Å². The number of thiocarbonyl (C=S) groups is 1. The molecule has 2 aromatic carbocycles. The van der Waals surface area contributed by atoms with E-state index < -0.39 is 11.8 Å². The van der Waals surface area contributed by atoms with E-state index in [1.165, 1.54) is 11.0 Å². The lowest BCUT2D eigenvalue weighted by molar-refractivity contribution is -0.122. The van der Waals surface area contributed by atoms with Gasteiger partial charge in [0.25, 0.3) is 11.8 Å². The van der Waals surface area contributed by atoms with Crippen molar-refractivity contribution in [2.75, 3.05) is 4.90 Å². The lowest BCUT2D eigenvalue weighted by atomic mass is 10.1. The highest BCUT2D eigenvalue weighted by Gasteiger charge is 2.34. The Balaban J connectivity index is 1.75. The summed E-state index contributed by atoms with van der Waals surface area (Å²) in [7, 11) is 0. The van der Waals surface area contributed by atoms with Crippen LogP contribution < -0.4 is 10.2 Å². The molecule has 0 spiro atoms. The van der Waals surface area contributed by atoms with Crippen molar-refractivity contribution < 1.29 is 9.59 Å². The van der Waals surface area contributed by atoms with Crippen LogP contribution in [0, 0.1) is 0 Å². The van der Waals surface area contributed by atoms with Crippen molar-refractivity contribution in [1.82, 2.24) is 9.88 Å². The van der Waals surface area contributed by atoms with E-state index in [0.29, 0.717) is 21.4 Å². The third kappa shape index (κ3) is 3.82. The number of hydrogen-bond acceptors (Lipinski definition) is 3. The first-order chi connectivity index (χ1) is 13.9. The molecule has 8 heteroatoms. The number of halogens is 2. The SMILES string of the molecule is O=C1NC(=S)N(c2cccc(Cl)c2)C(=O)C1=Cc1cccn1-c1ccc(Cl)cc1. The Bertz CT molecular complexity index is 1170. The molecule has 0 saturated carbocycles. The molecule has 0 radical (unpaired) electrons. The fourth-order valence-electron chi connectivity index (χ4n) is 3.00. The van der Waals surface area contributed by atoms with E-state index in [2.05, 4.69) is 5.32 Å². The van der Waals surface area contributed by atoms with Gasteiger partial charge in [0.2, 0.25) is 0 Å². The summed E-state index contributed by atoms with van der Waals surface area (Å²) in [6.07, 6.45) is 3.37. The molecule has 0 unspecified atom stereocenters. The minimum absolute atomic E-state index is 0.00694. The molecule has 29 heavy (non-hydrogen) atoms. The third-order valence-electron chi connectivity index (χ3n) is 4.35. The first-order valence-corrected chi connectivity index (χ1v) is 9.71. The van der Waals surface area contributed by atoms with Gasteiger partial charge in [0.05, 0.1) is 5.69 Å². The topological polar surface area (TPSA) is 54.3 Å². The average Bonchev–Trinajstić information content (AvgIpc) is 3.14. The van der Waals surface area contributed by atoms with E-state index in [1.807, 2.05) is 29.0 Å². The highest BCUT2D eigenvalue weighted by molar-refractivity contribution is 7.80. The zero-order valence-electron chi connectivity index (χ0n) is 14.8. The van der Waals surface area contributed by atoms with Crippen LogP contribution in [0.25, 0.3) is 11.8 Å². The monoisotopic (exact) mass is 441 g/mol. The molecule has 1 aliphatic rings. The fraction of sp³-hybridized carbons (Fsp3) is 0. The Morgan fingerprint density at radius 3 is 2.38 bits per heavy atom. The van der Waals surface area contributed by atoms with E-state index in [1.54, 1.807) is 42.5 Å². The molecule has 1 aliphatic heterocycles. The van der Waals surface area contributed by atoms with Gasteiger partial charge in [-0.25, -0.2) is 0 Å². The molecular formula is C21H13Cl2N3O2S. The van der Waals surface area contributed by atoms with Crippen LogP contribution >= 0.6 is 35.4 Å². The molecule has 0 aliphatic carbocycles. The molecule has 144 valence electrons. The van der Waals surface area contributed by atoms with Gasteiger partial charge in [-0.3, -0.25) is 19.8 Å². The van der Waals surface area contributed by atoms with Gasteiger partial charge in [0.15, 0.2) is 5.11 Å². The summed E-state index contributed by atoms with van der Waals surface area (Å²) in [6, 6.07) is 17.6. The van der Waals surface area contributed by atoms with Gasteiger partial charge in [-0.1, -0.05) is 29.3 Å². The number of carbonyl (C=O) groups is 2. The zero-order chi connectivity index (χ0) is 20.5. The largest absolute Gasteiger partial charge is 0.317 e. The smallest absolute Gasteiger partial charge is 0.270 e. The molecule has 5 nitrogen and oxygen atoms in total. The van der Waals surface area contributed by atoms with Gasteiger partial charge in [-0.15, -0.1) is 0 Å². The first kappa shape index (κ1) is 19.4. The maximum atomic E-state index is 13.1. The number of rotatable bonds is 3. The van der Waals surface area contributed by atoms with E-state index in [-0.39, 0.29) is 10.7 Å². The van der Waals surface area contributed by atoms with E-state index >= 15 is 0 Å². The summed E-state index contributed by atoms with van der Waals surface area (Å²) in [5.41, 5.74) is 1.95. The third-order valence-corrected chi connectivity index (χ3v) is 5.12. The highest BCUT2D eigenvalue weighted by atomic mass is 35.5. The summed E-state index contributed by atoms with van der Waals surface area (Å²) < 4.78 is 1.85. The van der Waals surface area contributed by atoms with Gasteiger partial charge < -0.3 is 4.57 Å². The van der Waals surface area contributed by atoms with Gasteiger partial charge in [-0.05, 0) is 72.9 Å². The van der Waals surface area contributed by atoms with Crippen LogP contribution in [0.4, 0.5) is 5.69 Å². The first-order valence-electron chi connectivity index (χ1n) is 8.54. The van der Waals surface area contributed by atoms with Crippen molar-refractivity contribution in [2.24, 2.45) is 0 Å². The number of anilines is 1. The molecular weight excluding hydrogens is 429 g/mol. The van der Waals surface area contributed by atoms with Crippen molar-refractivity contribution in [3.63, 3.8) is 0 Å². The van der Waals surface area contributed by atoms with Gasteiger partial charge in [0, 0.05) is 27.6 Å². The summed E-state index contributed by atoms with van der Waals surface area (Å²) in [5.74, 6) is -1.08. The Morgan fingerprint density at radius 1 is 0.897 bits per heavy atom. The van der Waals surface area contributed by atoms with Crippen LogP contribution in [0.1, 0.15) is 5.69 Å². The second kappa shape index (κ2) is 7.83. The Morgan fingerprint density at radius 2 is 1.66 bits per heavy atom. The van der Waals surface area contributed by atoms with Crippen LogP contribution in [0.15, 0.2) is 72.4 Å². The second-order valence-corrected chi connectivity index (χ2v) is 7.48. The zero-order valence-corrected chi connectivity index (χ0v) is 17.1. The molecule has 1 N–H and O–H groups in total. The predicted octanol–water partition coefficient (Wildman–Crippen LogP) is 4.62. The Hall–Kier alpha value is -2.93. The van der Waals surface area contributed by atoms with Crippen molar-refractivity contribution in [3.8, 4) is 5.69 Å². The van der Waals surface area contributed by atoms with Crippen molar-refractivity contribution in [1.29, 1.82) is 0 Å². The highest BCUT2D eigenvalue weighted by Crippen LogP contribution is 2.25. The second-order valence-electron chi connectivity index (χ2n) is 6.22. The molecule has 1 aromatic heterocycles. The minimum atomic E-state index is -0.554. The predicted molar refractivity (Wildman–Crippen MR) is 118 cm³/mol. The number of benzene rings is 2. The number of amides is 2. The van der Waals surface area contributed by atoms with Gasteiger partial charge in [0.1, 0.15) is 5.57 Å². The molecule has 3 aromatic rings. The number of nitrogens with one attached hydrogen (secondary N) is 1. The van der Waals surface area contributed by atoms with Gasteiger partial charge >= 0.3 is 0 Å². The van der Waals surface area contributed by atoms with Crippen LogP contribution in [-0.4, -0.2) is 21.5 Å². The van der Waals surface area contributed by atoms with Crippen LogP contribution in [0.2, 0.25) is 10.0 Å². The molecule has 0 bridgehead atoms.